The summed E-state index contributed by atoms with van der Waals surface area (Å²) in [6, 6.07) is 15.0. The van der Waals surface area contributed by atoms with E-state index >= 15 is 0 Å². The van der Waals surface area contributed by atoms with Gasteiger partial charge in [-0.25, -0.2) is 4.79 Å². The molecule has 0 aliphatic heterocycles. The number of benzene rings is 2. The van der Waals surface area contributed by atoms with Crippen molar-refractivity contribution < 1.29 is 19.4 Å². The van der Waals surface area contributed by atoms with Crippen molar-refractivity contribution in [3.8, 4) is 5.75 Å². The van der Waals surface area contributed by atoms with Crippen molar-refractivity contribution in [1.29, 1.82) is 0 Å². The van der Waals surface area contributed by atoms with Crippen LogP contribution in [-0.4, -0.2) is 24.8 Å². The number of carbonyl (C=O) groups is 1. The summed E-state index contributed by atoms with van der Waals surface area (Å²) in [4.78, 5) is 11.7. The minimum absolute atomic E-state index is 0.0768. The van der Waals surface area contributed by atoms with E-state index in [4.69, 9.17) is 14.6 Å². The highest BCUT2D eigenvalue weighted by molar-refractivity contribution is 5.90. The first kappa shape index (κ1) is 16.8. The van der Waals surface area contributed by atoms with E-state index in [1.165, 1.54) is 7.11 Å². The van der Waals surface area contributed by atoms with Crippen LogP contribution in [-0.2, 0) is 11.3 Å². The number of hydrogen-bond donors (Lipinski definition) is 1. The average molecular weight is 312 g/mol. The Bertz CT molecular complexity index is 662. The summed E-state index contributed by atoms with van der Waals surface area (Å²) in [5, 5.41) is 8.89. The third-order valence-electron chi connectivity index (χ3n) is 3.26. The van der Waals surface area contributed by atoms with Gasteiger partial charge in [-0.2, -0.15) is 0 Å². The van der Waals surface area contributed by atoms with Crippen molar-refractivity contribution in [3.05, 3.63) is 71.3 Å². The van der Waals surface area contributed by atoms with E-state index in [1.807, 2.05) is 42.5 Å². The zero-order chi connectivity index (χ0) is 16.5. The second-order valence-corrected chi connectivity index (χ2v) is 4.93. The lowest BCUT2D eigenvalue weighted by molar-refractivity contribution is 0.0600. The van der Waals surface area contributed by atoms with Crippen LogP contribution in [0.4, 0.5) is 0 Å². The molecule has 120 valence electrons. The summed E-state index contributed by atoms with van der Waals surface area (Å²) in [5.41, 5.74) is 2.30. The molecule has 0 amide bonds. The molecule has 0 atom stereocenters. The van der Waals surface area contributed by atoms with Crippen LogP contribution in [0.15, 0.2) is 54.6 Å². The normalized spacial score (nSPS) is 10.7. The molecule has 0 bridgehead atoms. The third-order valence-corrected chi connectivity index (χ3v) is 3.26. The molecule has 23 heavy (non-hydrogen) atoms. The molecular weight excluding hydrogens is 292 g/mol. The maximum absolute atomic E-state index is 11.7. The van der Waals surface area contributed by atoms with Crippen LogP contribution in [0, 0.1) is 0 Å². The van der Waals surface area contributed by atoms with Crippen LogP contribution >= 0.6 is 0 Å². The molecule has 0 saturated carbocycles. The van der Waals surface area contributed by atoms with E-state index in [9.17, 15) is 4.79 Å². The molecule has 4 heteroatoms. The minimum atomic E-state index is -0.392. The zero-order valence-electron chi connectivity index (χ0n) is 13.1. The van der Waals surface area contributed by atoms with Gasteiger partial charge >= 0.3 is 5.97 Å². The van der Waals surface area contributed by atoms with E-state index in [1.54, 1.807) is 18.2 Å². The maximum atomic E-state index is 11.7. The Balaban J connectivity index is 2.20. The molecule has 0 aliphatic carbocycles. The fraction of sp³-hybridized carbons (Fsp3) is 0.211. The Labute approximate surface area is 136 Å². The van der Waals surface area contributed by atoms with Crippen molar-refractivity contribution >= 4 is 12.0 Å². The predicted octanol–water partition coefficient (Wildman–Crippen LogP) is 3.45. The maximum Gasteiger partial charge on any atom is 0.337 e. The topological polar surface area (TPSA) is 55.8 Å². The summed E-state index contributed by atoms with van der Waals surface area (Å²) in [5.74, 6) is 0.284. The van der Waals surface area contributed by atoms with Gasteiger partial charge in [0.25, 0.3) is 0 Å². The molecule has 0 spiro atoms. The number of aliphatic hydroxyl groups is 1. The van der Waals surface area contributed by atoms with E-state index in [0.717, 1.165) is 11.1 Å². The fourth-order valence-electron chi connectivity index (χ4n) is 2.08. The van der Waals surface area contributed by atoms with E-state index in [2.05, 4.69) is 0 Å². The Kier molecular flexibility index (Phi) is 6.39. The van der Waals surface area contributed by atoms with E-state index < -0.39 is 5.97 Å². The number of carbonyl (C=O) groups excluding carboxylic acids is 1. The molecule has 0 saturated heterocycles. The van der Waals surface area contributed by atoms with Gasteiger partial charge in [-0.15, -0.1) is 0 Å². The van der Waals surface area contributed by atoms with Gasteiger partial charge in [0.2, 0.25) is 0 Å². The summed E-state index contributed by atoms with van der Waals surface area (Å²) in [6.45, 7) is 0.520. The lowest BCUT2D eigenvalue weighted by Gasteiger charge is -2.11. The van der Waals surface area contributed by atoms with Gasteiger partial charge in [0, 0.05) is 12.2 Å². The van der Waals surface area contributed by atoms with Crippen molar-refractivity contribution in [3.63, 3.8) is 0 Å². The minimum Gasteiger partial charge on any atom is -0.488 e. The Morgan fingerprint density at radius 2 is 1.96 bits per heavy atom. The fourth-order valence-corrected chi connectivity index (χ4v) is 2.08. The third kappa shape index (κ3) is 4.97. The number of rotatable bonds is 7. The first-order chi connectivity index (χ1) is 11.2. The van der Waals surface area contributed by atoms with Crippen LogP contribution < -0.4 is 4.74 Å². The van der Waals surface area contributed by atoms with Crippen molar-refractivity contribution in [2.24, 2.45) is 0 Å². The van der Waals surface area contributed by atoms with Crippen molar-refractivity contribution in [2.75, 3.05) is 13.7 Å². The van der Waals surface area contributed by atoms with Gasteiger partial charge in [0.05, 0.1) is 12.7 Å². The highest BCUT2D eigenvalue weighted by Gasteiger charge is 2.09. The molecule has 4 nitrogen and oxygen atoms in total. The van der Waals surface area contributed by atoms with Gasteiger partial charge in [0.15, 0.2) is 0 Å². The highest BCUT2D eigenvalue weighted by Crippen LogP contribution is 2.23. The summed E-state index contributed by atoms with van der Waals surface area (Å²) in [6.07, 6.45) is 4.22. The Hall–Kier alpha value is -2.59. The number of ether oxygens (including phenoxy) is 2. The molecule has 0 unspecified atom stereocenters. The van der Waals surface area contributed by atoms with E-state index in [0.29, 0.717) is 24.3 Å². The Morgan fingerprint density at radius 3 is 2.65 bits per heavy atom. The SMILES string of the molecule is COC(=O)c1ccc(OCc2ccccc2)c(/C=C/CCO)c1. The quantitative estimate of drug-likeness (QED) is 0.796. The number of hydrogen-bond acceptors (Lipinski definition) is 4. The molecule has 0 heterocycles. The molecule has 0 radical (unpaired) electrons. The van der Waals surface area contributed by atoms with Gasteiger partial charge in [0.1, 0.15) is 12.4 Å². The van der Waals surface area contributed by atoms with Gasteiger partial charge in [-0.1, -0.05) is 42.5 Å². The second kappa shape index (κ2) is 8.76. The van der Waals surface area contributed by atoms with Crippen LogP contribution in [0.3, 0.4) is 0 Å². The summed E-state index contributed by atoms with van der Waals surface area (Å²) in [7, 11) is 1.35. The monoisotopic (exact) mass is 312 g/mol. The molecular formula is C19H20O4. The highest BCUT2D eigenvalue weighted by atomic mass is 16.5. The molecule has 0 aliphatic rings. The molecule has 1 N–H and O–H groups in total. The first-order valence-corrected chi connectivity index (χ1v) is 7.41. The standard InChI is InChI=1S/C19H20O4/c1-22-19(21)17-10-11-18(16(13-17)9-5-6-12-20)23-14-15-7-3-2-4-8-15/h2-5,7-11,13,20H,6,12,14H2,1H3/b9-5+. The molecule has 2 aromatic rings. The van der Waals surface area contributed by atoms with Gasteiger partial charge in [-0.05, 0) is 30.2 Å². The smallest absolute Gasteiger partial charge is 0.337 e. The first-order valence-electron chi connectivity index (χ1n) is 7.41. The Morgan fingerprint density at radius 1 is 1.17 bits per heavy atom. The number of methoxy groups -OCH3 is 1. The van der Waals surface area contributed by atoms with Crippen molar-refractivity contribution in [2.45, 2.75) is 13.0 Å². The van der Waals surface area contributed by atoms with Gasteiger partial charge in [-0.3, -0.25) is 0 Å². The number of aliphatic hydroxyl groups excluding tert-OH is 1. The number of esters is 1. The summed E-state index contributed by atoms with van der Waals surface area (Å²) >= 11 is 0. The average Bonchev–Trinajstić information content (AvgIpc) is 2.61. The lowest BCUT2D eigenvalue weighted by atomic mass is 10.1. The molecule has 2 rings (SSSR count). The van der Waals surface area contributed by atoms with Crippen LogP contribution in [0.1, 0.15) is 27.9 Å². The largest absolute Gasteiger partial charge is 0.488 e. The molecule has 0 fully saturated rings. The van der Waals surface area contributed by atoms with Crippen LogP contribution in [0.25, 0.3) is 6.08 Å². The second-order valence-electron chi connectivity index (χ2n) is 4.93. The van der Waals surface area contributed by atoms with Crippen LogP contribution in [0.2, 0.25) is 0 Å². The van der Waals surface area contributed by atoms with Crippen LogP contribution in [0.5, 0.6) is 5.75 Å². The lowest BCUT2D eigenvalue weighted by Crippen LogP contribution is -2.03. The van der Waals surface area contributed by atoms with Crippen molar-refractivity contribution in [1.82, 2.24) is 0 Å². The summed E-state index contributed by atoms with van der Waals surface area (Å²) < 4.78 is 10.6. The van der Waals surface area contributed by atoms with Gasteiger partial charge < -0.3 is 14.6 Å². The molecule has 0 aromatic heterocycles. The van der Waals surface area contributed by atoms with E-state index in [-0.39, 0.29) is 6.61 Å². The molecule has 2 aromatic carbocycles. The predicted molar refractivity (Wildman–Crippen MR) is 89.3 cm³/mol. The zero-order valence-corrected chi connectivity index (χ0v) is 13.1.